The van der Waals surface area contributed by atoms with Gasteiger partial charge in [-0.05, 0) is 24.6 Å². The van der Waals surface area contributed by atoms with E-state index in [-0.39, 0.29) is 0 Å². The molecule has 0 radical (unpaired) electrons. The molecule has 0 saturated heterocycles. The van der Waals surface area contributed by atoms with Crippen LogP contribution in [0.3, 0.4) is 0 Å². The zero-order chi connectivity index (χ0) is 15.9. The maximum Gasteiger partial charge on any atom is 0.191 e. The fraction of sp³-hybridized carbons (Fsp3) is 0.167. The molecular formula is C18H18N4S. The molecule has 0 saturated carbocycles. The lowest BCUT2D eigenvalue weighted by Gasteiger charge is -2.05. The fourth-order valence-corrected chi connectivity index (χ4v) is 3.05. The standard InChI is InChI=1S/C18H18N4S/c1-2-22-17(16-12-6-7-13-19-16)20-21-18(22)23-14-8-11-15-9-4-3-5-10-15/h3-13H,2,14H2,1H3/b11-8-. The van der Waals surface area contributed by atoms with Gasteiger partial charge >= 0.3 is 0 Å². The van der Waals surface area contributed by atoms with E-state index in [1.165, 1.54) is 5.56 Å². The molecular weight excluding hydrogens is 304 g/mol. The van der Waals surface area contributed by atoms with Crippen LogP contribution in [0, 0.1) is 0 Å². The Hall–Kier alpha value is -2.40. The van der Waals surface area contributed by atoms with E-state index in [2.05, 4.69) is 51.0 Å². The number of rotatable bonds is 6. The fourth-order valence-electron chi connectivity index (χ4n) is 2.24. The summed E-state index contributed by atoms with van der Waals surface area (Å²) in [5, 5.41) is 9.53. The minimum absolute atomic E-state index is 0.822. The molecule has 0 aliphatic rings. The molecule has 0 aliphatic carbocycles. The largest absolute Gasteiger partial charge is 0.301 e. The summed E-state index contributed by atoms with van der Waals surface area (Å²) in [4.78, 5) is 4.36. The van der Waals surface area contributed by atoms with E-state index in [0.717, 1.165) is 29.0 Å². The maximum absolute atomic E-state index is 4.36. The monoisotopic (exact) mass is 322 g/mol. The van der Waals surface area contributed by atoms with Crippen LogP contribution in [-0.2, 0) is 6.54 Å². The third-order valence-electron chi connectivity index (χ3n) is 3.35. The lowest BCUT2D eigenvalue weighted by atomic mass is 10.2. The zero-order valence-corrected chi connectivity index (χ0v) is 13.8. The van der Waals surface area contributed by atoms with E-state index in [1.54, 1.807) is 18.0 Å². The van der Waals surface area contributed by atoms with Gasteiger partial charge in [-0.3, -0.25) is 4.98 Å². The van der Waals surface area contributed by atoms with Gasteiger partial charge < -0.3 is 4.57 Å². The van der Waals surface area contributed by atoms with Gasteiger partial charge in [0.2, 0.25) is 0 Å². The normalized spacial score (nSPS) is 11.2. The Balaban J connectivity index is 1.69. The average molecular weight is 322 g/mol. The van der Waals surface area contributed by atoms with Crippen LogP contribution in [0.2, 0.25) is 0 Å². The Morgan fingerprint density at radius 2 is 1.87 bits per heavy atom. The minimum Gasteiger partial charge on any atom is -0.301 e. The Morgan fingerprint density at radius 1 is 1.04 bits per heavy atom. The first kappa shape index (κ1) is 15.5. The highest BCUT2D eigenvalue weighted by Gasteiger charge is 2.13. The molecule has 23 heavy (non-hydrogen) atoms. The highest BCUT2D eigenvalue weighted by molar-refractivity contribution is 7.99. The molecule has 3 aromatic rings. The van der Waals surface area contributed by atoms with E-state index >= 15 is 0 Å². The number of hydrogen-bond acceptors (Lipinski definition) is 4. The Morgan fingerprint density at radius 3 is 2.61 bits per heavy atom. The van der Waals surface area contributed by atoms with E-state index < -0.39 is 0 Å². The minimum atomic E-state index is 0.822. The van der Waals surface area contributed by atoms with Gasteiger partial charge in [0.15, 0.2) is 11.0 Å². The topological polar surface area (TPSA) is 43.6 Å². The number of pyridine rings is 1. The molecule has 5 heteroatoms. The number of nitrogens with zero attached hydrogens (tertiary/aromatic N) is 4. The van der Waals surface area contributed by atoms with Gasteiger partial charge in [0, 0.05) is 18.5 Å². The van der Waals surface area contributed by atoms with Crippen molar-refractivity contribution in [1.82, 2.24) is 19.7 Å². The molecule has 0 aliphatic heterocycles. The summed E-state index contributed by atoms with van der Waals surface area (Å²) < 4.78 is 2.10. The van der Waals surface area contributed by atoms with E-state index in [4.69, 9.17) is 0 Å². The van der Waals surface area contributed by atoms with Crippen molar-refractivity contribution in [3.8, 4) is 11.5 Å². The molecule has 0 amide bonds. The summed E-state index contributed by atoms with van der Waals surface area (Å²) in [6.07, 6.45) is 6.05. The molecule has 3 rings (SSSR count). The number of benzene rings is 1. The first-order chi connectivity index (χ1) is 11.4. The summed E-state index contributed by atoms with van der Waals surface area (Å²) in [5.74, 6) is 1.68. The Bertz CT molecular complexity index is 766. The van der Waals surface area contributed by atoms with Gasteiger partial charge in [-0.1, -0.05) is 60.3 Å². The highest BCUT2D eigenvalue weighted by Crippen LogP contribution is 2.22. The molecule has 4 nitrogen and oxygen atoms in total. The summed E-state index contributed by atoms with van der Waals surface area (Å²) in [6, 6.07) is 16.1. The van der Waals surface area contributed by atoms with Crippen molar-refractivity contribution in [2.24, 2.45) is 0 Å². The lowest BCUT2D eigenvalue weighted by molar-refractivity contribution is 0.686. The molecule has 0 spiro atoms. The van der Waals surface area contributed by atoms with Crippen LogP contribution in [0.1, 0.15) is 12.5 Å². The quantitative estimate of drug-likeness (QED) is 0.639. The zero-order valence-electron chi connectivity index (χ0n) is 13.0. The van der Waals surface area contributed by atoms with E-state index in [0.29, 0.717) is 0 Å². The number of thioether (sulfide) groups is 1. The van der Waals surface area contributed by atoms with Crippen LogP contribution >= 0.6 is 11.8 Å². The summed E-state index contributed by atoms with van der Waals surface area (Å²) >= 11 is 1.68. The lowest BCUT2D eigenvalue weighted by Crippen LogP contribution is -2.00. The van der Waals surface area contributed by atoms with Crippen molar-refractivity contribution in [3.05, 3.63) is 66.4 Å². The average Bonchev–Trinajstić information content (AvgIpc) is 3.03. The van der Waals surface area contributed by atoms with Gasteiger partial charge in [-0.25, -0.2) is 0 Å². The van der Waals surface area contributed by atoms with E-state index in [9.17, 15) is 0 Å². The molecule has 0 atom stereocenters. The third kappa shape index (κ3) is 3.87. The molecule has 0 N–H and O–H groups in total. The van der Waals surface area contributed by atoms with Crippen LogP contribution in [0.15, 0.2) is 66.0 Å². The van der Waals surface area contributed by atoms with Gasteiger partial charge in [-0.2, -0.15) is 0 Å². The number of hydrogen-bond donors (Lipinski definition) is 0. The van der Waals surface area contributed by atoms with Gasteiger partial charge in [0.1, 0.15) is 5.69 Å². The third-order valence-corrected chi connectivity index (χ3v) is 4.26. The van der Waals surface area contributed by atoms with Crippen molar-refractivity contribution in [2.75, 3.05) is 5.75 Å². The van der Waals surface area contributed by atoms with Crippen LogP contribution < -0.4 is 0 Å². The Kier molecular flexibility index (Phi) is 5.21. The smallest absolute Gasteiger partial charge is 0.191 e. The molecule has 0 fully saturated rings. The molecule has 0 bridgehead atoms. The summed E-state index contributed by atoms with van der Waals surface area (Å²) in [5.41, 5.74) is 2.06. The van der Waals surface area contributed by atoms with Crippen molar-refractivity contribution < 1.29 is 0 Å². The molecule has 0 unspecified atom stereocenters. The molecule has 1 aromatic carbocycles. The van der Waals surface area contributed by atoms with E-state index in [1.807, 2.05) is 36.4 Å². The van der Waals surface area contributed by atoms with Gasteiger partial charge in [0.05, 0.1) is 0 Å². The highest BCUT2D eigenvalue weighted by atomic mass is 32.2. The van der Waals surface area contributed by atoms with Crippen molar-refractivity contribution in [3.63, 3.8) is 0 Å². The van der Waals surface area contributed by atoms with Crippen molar-refractivity contribution in [2.45, 2.75) is 18.6 Å². The van der Waals surface area contributed by atoms with Crippen LogP contribution in [0.4, 0.5) is 0 Å². The van der Waals surface area contributed by atoms with Crippen molar-refractivity contribution in [1.29, 1.82) is 0 Å². The SMILES string of the molecule is CCn1c(SC/C=C\c2ccccc2)nnc1-c1ccccn1. The molecule has 116 valence electrons. The summed E-state index contributed by atoms with van der Waals surface area (Å²) in [6.45, 7) is 2.92. The Labute approximate surface area is 140 Å². The first-order valence-corrected chi connectivity index (χ1v) is 8.56. The van der Waals surface area contributed by atoms with Crippen LogP contribution in [0.25, 0.3) is 17.6 Å². The van der Waals surface area contributed by atoms with Crippen molar-refractivity contribution >= 4 is 17.8 Å². The van der Waals surface area contributed by atoms with Gasteiger partial charge in [0.25, 0.3) is 0 Å². The van der Waals surface area contributed by atoms with Crippen LogP contribution in [-0.4, -0.2) is 25.5 Å². The molecule has 2 heterocycles. The number of aromatic nitrogens is 4. The second-order valence-corrected chi connectivity index (χ2v) is 5.88. The molecule has 2 aromatic heterocycles. The predicted octanol–water partition coefficient (Wildman–Crippen LogP) is 4.17. The predicted molar refractivity (Wildman–Crippen MR) is 95.1 cm³/mol. The van der Waals surface area contributed by atoms with Crippen LogP contribution in [0.5, 0.6) is 0 Å². The van der Waals surface area contributed by atoms with Gasteiger partial charge in [-0.15, -0.1) is 10.2 Å². The second-order valence-electron chi connectivity index (χ2n) is 4.89. The first-order valence-electron chi connectivity index (χ1n) is 7.57. The maximum atomic E-state index is 4.36. The summed E-state index contributed by atoms with van der Waals surface area (Å²) in [7, 11) is 0. The second kappa shape index (κ2) is 7.74.